The Kier molecular flexibility index (Phi) is 2.88. The minimum atomic E-state index is 0.521. The molecule has 0 radical (unpaired) electrons. The third-order valence-electron chi connectivity index (χ3n) is 4.26. The average Bonchev–Trinajstić information content (AvgIpc) is 3.16. The summed E-state index contributed by atoms with van der Waals surface area (Å²) >= 11 is 0. The number of furan rings is 1. The Labute approximate surface area is 123 Å². The zero-order valence-electron chi connectivity index (χ0n) is 11.7. The number of anilines is 1. The van der Waals surface area contributed by atoms with Crippen LogP contribution in [0.25, 0.3) is 22.4 Å². The van der Waals surface area contributed by atoms with Gasteiger partial charge in [-0.25, -0.2) is 9.97 Å². The Hall–Kier alpha value is -2.36. The lowest BCUT2D eigenvalue weighted by atomic mass is 10.0. The van der Waals surface area contributed by atoms with Gasteiger partial charge in [0, 0.05) is 23.1 Å². The van der Waals surface area contributed by atoms with Crippen molar-refractivity contribution in [1.82, 2.24) is 9.97 Å². The summed E-state index contributed by atoms with van der Waals surface area (Å²) in [4.78, 5) is 9.16. The normalized spacial score (nSPS) is 15.8. The summed E-state index contributed by atoms with van der Waals surface area (Å²) in [6, 6.07) is 9.84. The highest BCUT2D eigenvalue weighted by Gasteiger charge is 2.20. The van der Waals surface area contributed by atoms with Gasteiger partial charge in [-0.2, -0.15) is 0 Å². The van der Waals surface area contributed by atoms with Gasteiger partial charge in [0.05, 0.1) is 5.56 Å². The molecular weight excluding hydrogens is 262 g/mol. The van der Waals surface area contributed by atoms with Gasteiger partial charge in [-0.3, -0.25) is 0 Å². The minimum absolute atomic E-state index is 0.521. The molecule has 0 aliphatic heterocycles. The second-order valence-electron chi connectivity index (χ2n) is 5.67. The van der Waals surface area contributed by atoms with Crippen molar-refractivity contribution in [3.05, 3.63) is 42.3 Å². The number of nitrogens with two attached hydrogens (primary N) is 1. The van der Waals surface area contributed by atoms with Crippen LogP contribution in [0.5, 0.6) is 0 Å². The van der Waals surface area contributed by atoms with Crippen LogP contribution < -0.4 is 5.73 Å². The van der Waals surface area contributed by atoms with Crippen LogP contribution in [0.2, 0.25) is 0 Å². The Balaban J connectivity index is 1.84. The zero-order chi connectivity index (χ0) is 14.2. The van der Waals surface area contributed by atoms with Crippen molar-refractivity contribution in [2.45, 2.75) is 31.6 Å². The standard InChI is InChI=1S/C17H17N3O/c18-16-9-14(11-5-1-2-6-11)19-17(20-16)13-10-21-15-8-4-3-7-12(13)15/h3-4,7-11H,1-2,5-6H2,(H2,18,19,20). The predicted molar refractivity (Wildman–Crippen MR) is 82.9 cm³/mol. The van der Waals surface area contributed by atoms with Crippen molar-refractivity contribution in [2.24, 2.45) is 0 Å². The SMILES string of the molecule is Nc1cc(C2CCCC2)nc(-c2coc3ccccc23)n1. The van der Waals surface area contributed by atoms with Gasteiger partial charge in [0.1, 0.15) is 17.7 Å². The van der Waals surface area contributed by atoms with Crippen molar-refractivity contribution in [1.29, 1.82) is 0 Å². The molecule has 4 nitrogen and oxygen atoms in total. The quantitative estimate of drug-likeness (QED) is 0.766. The van der Waals surface area contributed by atoms with Gasteiger partial charge in [0.2, 0.25) is 0 Å². The molecule has 4 heteroatoms. The van der Waals surface area contributed by atoms with Gasteiger partial charge < -0.3 is 10.2 Å². The molecule has 0 saturated heterocycles. The third-order valence-corrected chi connectivity index (χ3v) is 4.26. The number of fused-ring (bicyclic) bond motifs is 1. The molecule has 2 heterocycles. The Morgan fingerprint density at radius 1 is 1.10 bits per heavy atom. The Bertz CT molecular complexity index is 788. The van der Waals surface area contributed by atoms with Crippen molar-refractivity contribution < 1.29 is 4.42 Å². The summed E-state index contributed by atoms with van der Waals surface area (Å²) in [6.07, 6.45) is 6.67. The second kappa shape index (κ2) is 4.88. The van der Waals surface area contributed by atoms with Gasteiger partial charge in [0.25, 0.3) is 0 Å². The fraction of sp³-hybridized carbons (Fsp3) is 0.294. The molecule has 2 N–H and O–H groups in total. The summed E-state index contributed by atoms with van der Waals surface area (Å²) in [5, 5.41) is 1.03. The smallest absolute Gasteiger partial charge is 0.165 e. The fourth-order valence-electron chi connectivity index (χ4n) is 3.19. The van der Waals surface area contributed by atoms with E-state index in [4.69, 9.17) is 15.1 Å². The van der Waals surface area contributed by atoms with Gasteiger partial charge in [-0.1, -0.05) is 31.0 Å². The van der Waals surface area contributed by atoms with Crippen LogP contribution in [0, 0.1) is 0 Å². The number of hydrogen-bond acceptors (Lipinski definition) is 4. The van der Waals surface area contributed by atoms with Crippen LogP contribution in [-0.4, -0.2) is 9.97 Å². The molecule has 21 heavy (non-hydrogen) atoms. The first-order chi connectivity index (χ1) is 10.3. The molecule has 1 fully saturated rings. The summed E-state index contributed by atoms with van der Waals surface area (Å²) in [7, 11) is 0. The largest absolute Gasteiger partial charge is 0.464 e. The first-order valence-electron chi connectivity index (χ1n) is 7.42. The molecule has 1 aliphatic carbocycles. The molecule has 1 saturated carbocycles. The molecule has 3 aromatic rings. The van der Waals surface area contributed by atoms with Crippen LogP contribution in [0.15, 0.2) is 41.0 Å². The van der Waals surface area contributed by atoms with E-state index in [1.54, 1.807) is 6.26 Å². The van der Waals surface area contributed by atoms with Crippen LogP contribution in [0.4, 0.5) is 5.82 Å². The summed E-state index contributed by atoms with van der Waals surface area (Å²) in [6.45, 7) is 0. The number of benzene rings is 1. The third kappa shape index (κ3) is 2.17. The van der Waals surface area contributed by atoms with Gasteiger partial charge in [-0.05, 0) is 18.9 Å². The molecule has 1 aliphatic rings. The summed E-state index contributed by atoms with van der Waals surface area (Å²) < 4.78 is 5.59. The Morgan fingerprint density at radius 2 is 1.90 bits per heavy atom. The van der Waals surface area contributed by atoms with Gasteiger partial charge in [0.15, 0.2) is 5.82 Å². The topological polar surface area (TPSA) is 64.9 Å². The molecular formula is C17H17N3O. The maximum absolute atomic E-state index is 6.00. The highest BCUT2D eigenvalue weighted by Crippen LogP contribution is 2.35. The van der Waals surface area contributed by atoms with E-state index in [0.717, 1.165) is 22.2 Å². The summed E-state index contributed by atoms with van der Waals surface area (Å²) in [5.41, 5.74) is 8.83. The monoisotopic (exact) mass is 279 g/mol. The lowest BCUT2D eigenvalue weighted by molar-refractivity contribution is 0.616. The second-order valence-corrected chi connectivity index (χ2v) is 5.67. The van der Waals surface area contributed by atoms with E-state index in [2.05, 4.69) is 4.98 Å². The molecule has 0 amide bonds. The zero-order valence-corrected chi connectivity index (χ0v) is 11.7. The molecule has 1 aromatic carbocycles. The minimum Gasteiger partial charge on any atom is -0.464 e. The van der Waals surface area contributed by atoms with Crippen molar-refractivity contribution in [3.8, 4) is 11.4 Å². The van der Waals surface area contributed by atoms with E-state index < -0.39 is 0 Å². The van der Waals surface area contributed by atoms with Crippen LogP contribution in [0.3, 0.4) is 0 Å². The van der Waals surface area contributed by atoms with E-state index in [1.165, 1.54) is 25.7 Å². The lowest BCUT2D eigenvalue weighted by Crippen LogP contribution is -2.03. The maximum Gasteiger partial charge on any atom is 0.165 e. The fourth-order valence-corrected chi connectivity index (χ4v) is 3.19. The average molecular weight is 279 g/mol. The molecule has 2 aromatic heterocycles. The Morgan fingerprint density at radius 3 is 2.76 bits per heavy atom. The number of para-hydroxylation sites is 1. The van der Waals surface area contributed by atoms with Gasteiger partial charge >= 0.3 is 0 Å². The van der Waals surface area contributed by atoms with Crippen LogP contribution in [0.1, 0.15) is 37.3 Å². The molecule has 0 unspecified atom stereocenters. The van der Waals surface area contributed by atoms with E-state index in [-0.39, 0.29) is 0 Å². The van der Waals surface area contributed by atoms with E-state index in [9.17, 15) is 0 Å². The lowest BCUT2D eigenvalue weighted by Gasteiger charge is -2.10. The number of nitrogens with zero attached hydrogens (tertiary/aromatic N) is 2. The molecule has 0 spiro atoms. The predicted octanol–water partition coefficient (Wildman–Crippen LogP) is 4.13. The maximum atomic E-state index is 6.00. The van der Waals surface area contributed by atoms with Crippen molar-refractivity contribution in [3.63, 3.8) is 0 Å². The molecule has 106 valence electrons. The highest BCUT2D eigenvalue weighted by atomic mass is 16.3. The molecule has 0 atom stereocenters. The van der Waals surface area contributed by atoms with E-state index in [0.29, 0.717) is 17.6 Å². The van der Waals surface area contributed by atoms with Crippen LogP contribution >= 0.6 is 0 Å². The number of aromatic nitrogens is 2. The van der Waals surface area contributed by atoms with Gasteiger partial charge in [-0.15, -0.1) is 0 Å². The van der Waals surface area contributed by atoms with Crippen molar-refractivity contribution in [2.75, 3.05) is 5.73 Å². The number of nitrogen functional groups attached to an aromatic ring is 1. The number of hydrogen-bond donors (Lipinski definition) is 1. The molecule has 0 bridgehead atoms. The number of rotatable bonds is 2. The molecule has 4 rings (SSSR count). The van der Waals surface area contributed by atoms with Crippen LogP contribution in [-0.2, 0) is 0 Å². The summed E-state index contributed by atoms with van der Waals surface area (Å²) in [5.74, 6) is 1.72. The van der Waals surface area contributed by atoms with E-state index in [1.807, 2.05) is 30.3 Å². The highest BCUT2D eigenvalue weighted by molar-refractivity contribution is 5.92. The van der Waals surface area contributed by atoms with E-state index >= 15 is 0 Å². The van der Waals surface area contributed by atoms with Crippen molar-refractivity contribution >= 4 is 16.8 Å². The first-order valence-corrected chi connectivity index (χ1v) is 7.42. The first kappa shape index (κ1) is 12.4.